The van der Waals surface area contributed by atoms with Crippen molar-refractivity contribution in [3.05, 3.63) is 64.3 Å². The van der Waals surface area contributed by atoms with Crippen LogP contribution in [-0.2, 0) is 6.54 Å². The van der Waals surface area contributed by atoms with E-state index in [-0.39, 0.29) is 17.7 Å². The van der Waals surface area contributed by atoms with E-state index in [1.807, 2.05) is 56.3 Å². The van der Waals surface area contributed by atoms with E-state index in [4.69, 9.17) is 10.8 Å². The average molecular weight is 446 g/mol. The zero-order chi connectivity index (χ0) is 23.1. The lowest BCUT2D eigenvalue weighted by Gasteiger charge is -2.32. The van der Waals surface area contributed by atoms with Crippen molar-refractivity contribution in [2.45, 2.75) is 26.4 Å². The summed E-state index contributed by atoms with van der Waals surface area (Å²) in [6.45, 7) is 7.10. The molecule has 1 aromatic carbocycles. The minimum Gasteiger partial charge on any atom is -0.314 e. The van der Waals surface area contributed by atoms with Crippen LogP contribution in [0.4, 0.5) is 5.95 Å². The van der Waals surface area contributed by atoms with E-state index < -0.39 is 0 Å². The number of aryl methyl sites for hydroxylation is 2. The number of hydrogen-bond acceptors (Lipinski definition) is 6. The molecule has 170 valence electrons. The Morgan fingerprint density at radius 3 is 2.58 bits per heavy atom. The number of piperazine rings is 1. The highest BCUT2D eigenvalue weighted by atomic mass is 16.2. The molecule has 0 saturated carbocycles. The minimum absolute atomic E-state index is 0.175. The number of nitrogens with two attached hydrogens (primary N) is 1. The zero-order valence-electron chi connectivity index (χ0n) is 19.2. The summed E-state index contributed by atoms with van der Waals surface area (Å²) in [5.41, 5.74) is 12.0. The number of fused-ring (bicyclic) bond motifs is 1. The standard InChI is InChI=1S/C24H28N8O/c1-15-11-18(12-16(2)27-15)20-21(17-7-5-4-6-8-17)28-23(25)32-22(20)29-31(24(32)33)14-19-13-26-9-10-30(19)3/h4-8,11-12,19,26H,9-10,13-14H2,1-3H3,(H2,25,28)/p+1/t19-/m0/s1. The van der Waals surface area contributed by atoms with E-state index in [0.717, 1.165) is 53.4 Å². The molecule has 4 N–H and O–H groups in total. The van der Waals surface area contributed by atoms with E-state index >= 15 is 0 Å². The van der Waals surface area contributed by atoms with Gasteiger partial charge >= 0.3 is 11.6 Å². The lowest BCUT2D eigenvalue weighted by molar-refractivity contribution is -0.351. The first-order valence-corrected chi connectivity index (χ1v) is 11.2. The third-order valence-corrected chi connectivity index (χ3v) is 6.27. The van der Waals surface area contributed by atoms with Crippen LogP contribution in [0.15, 0.2) is 47.3 Å². The van der Waals surface area contributed by atoms with Crippen LogP contribution in [0.5, 0.6) is 0 Å². The van der Waals surface area contributed by atoms with Crippen LogP contribution in [0, 0.1) is 13.8 Å². The molecule has 0 unspecified atom stereocenters. The number of likely N-dealkylation sites (N-methyl/N-ethyl adjacent to an activating group) is 1. The molecule has 1 atom stereocenters. The van der Waals surface area contributed by atoms with E-state index in [2.05, 4.69) is 27.2 Å². The van der Waals surface area contributed by atoms with E-state index in [0.29, 0.717) is 12.2 Å². The van der Waals surface area contributed by atoms with Crippen LogP contribution < -0.4 is 21.7 Å². The maximum absolute atomic E-state index is 13.4. The van der Waals surface area contributed by atoms with Crippen molar-refractivity contribution >= 4 is 11.6 Å². The van der Waals surface area contributed by atoms with E-state index in [1.165, 1.54) is 9.08 Å². The molecule has 0 radical (unpaired) electrons. The van der Waals surface area contributed by atoms with Gasteiger partial charge in [-0.2, -0.15) is 4.68 Å². The largest absolute Gasteiger partial charge is 0.411 e. The quantitative estimate of drug-likeness (QED) is 0.488. The molecule has 9 heteroatoms. The number of anilines is 1. The van der Waals surface area contributed by atoms with Gasteiger partial charge in [0.05, 0.1) is 12.1 Å². The molecule has 0 bridgehead atoms. The fraction of sp³-hybridized carbons (Fsp3) is 0.333. The van der Waals surface area contributed by atoms with Crippen LogP contribution in [0.1, 0.15) is 11.4 Å². The molecule has 4 heterocycles. The van der Waals surface area contributed by atoms with Gasteiger partial charge in [-0.25, -0.2) is 9.78 Å². The number of pyridine rings is 1. The summed E-state index contributed by atoms with van der Waals surface area (Å²) in [6, 6.07) is 14.2. The maximum Gasteiger partial charge on any atom is 0.411 e. The third kappa shape index (κ3) is 3.90. The second-order valence-corrected chi connectivity index (χ2v) is 8.73. The lowest BCUT2D eigenvalue weighted by Crippen LogP contribution is -2.52. The summed E-state index contributed by atoms with van der Waals surface area (Å²) in [4.78, 5) is 23.5. The molecule has 3 aromatic heterocycles. The van der Waals surface area contributed by atoms with Gasteiger partial charge in [0.2, 0.25) is 5.65 Å². The predicted octanol–water partition coefficient (Wildman–Crippen LogP) is 1.14. The lowest BCUT2D eigenvalue weighted by atomic mass is 9.99. The van der Waals surface area contributed by atoms with Crippen LogP contribution in [0.25, 0.3) is 28.0 Å². The highest BCUT2D eigenvalue weighted by Crippen LogP contribution is 2.32. The Kier molecular flexibility index (Phi) is 5.43. The molecule has 33 heavy (non-hydrogen) atoms. The molecule has 0 aliphatic carbocycles. The predicted molar refractivity (Wildman–Crippen MR) is 128 cm³/mol. The van der Waals surface area contributed by atoms with Gasteiger partial charge < -0.3 is 5.32 Å². The number of H-pyrrole nitrogens is 1. The highest BCUT2D eigenvalue weighted by molar-refractivity contribution is 5.88. The summed E-state index contributed by atoms with van der Waals surface area (Å²) in [5.74, 6) is 0.251. The number of nitrogens with zero attached hydrogens (tertiary/aromatic N) is 5. The number of benzene rings is 1. The average Bonchev–Trinajstić information content (AvgIpc) is 3.11. The fourth-order valence-electron chi connectivity index (χ4n) is 4.60. The SMILES string of the molecule is Cc1cc(-c2c(-c3ccccc3)[nH+]c(N)n3c(=O)n(C[C@@H]4CNCCN4C)nc23)cc(C)n1. The number of rotatable bonds is 4. The number of aromatic nitrogens is 5. The Balaban J connectivity index is 1.77. The molecule has 9 nitrogen and oxygen atoms in total. The monoisotopic (exact) mass is 445 g/mol. The molecule has 1 aliphatic heterocycles. The molecule has 1 aliphatic rings. The Bertz CT molecular complexity index is 1350. The molecule has 0 spiro atoms. The van der Waals surface area contributed by atoms with Crippen LogP contribution in [0.2, 0.25) is 0 Å². The van der Waals surface area contributed by atoms with E-state index in [1.54, 1.807) is 0 Å². The van der Waals surface area contributed by atoms with Crippen molar-refractivity contribution in [1.29, 1.82) is 0 Å². The van der Waals surface area contributed by atoms with Crippen molar-refractivity contribution < 1.29 is 4.98 Å². The summed E-state index contributed by atoms with van der Waals surface area (Å²) in [5, 5.41) is 8.22. The first-order chi connectivity index (χ1) is 15.9. The summed E-state index contributed by atoms with van der Waals surface area (Å²) >= 11 is 0. The van der Waals surface area contributed by atoms with Gasteiger partial charge in [-0.05, 0) is 38.6 Å². The first-order valence-electron chi connectivity index (χ1n) is 11.2. The van der Waals surface area contributed by atoms with Gasteiger partial charge in [-0.15, -0.1) is 9.50 Å². The van der Waals surface area contributed by atoms with Gasteiger partial charge in [0, 0.05) is 42.6 Å². The van der Waals surface area contributed by atoms with Crippen LogP contribution in [-0.4, -0.2) is 56.8 Å². The Morgan fingerprint density at radius 2 is 1.88 bits per heavy atom. The van der Waals surface area contributed by atoms with Crippen LogP contribution >= 0.6 is 0 Å². The Hall–Kier alpha value is -3.56. The van der Waals surface area contributed by atoms with Crippen LogP contribution in [0.3, 0.4) is 0 Å². The fourth-order valence-corrected chi connectivity index (χ4v) is 4.60. The first kappa shape index (κ1) is 21.3. The number of aromatic amines is 1. The third-order valence-electron chi connectivity index (χ3n) is 6.27. The van der Waals surface area contributed by atoms with E-state index in [9.17, 15) is 4.79 Å². The van der Waals surface area contributed by atoms with Gasteiger partial charge in [0.1, 0.15) is 5.69 Å². The molecule has 1 saturated heterocycles. The van der Waals surface area contributed by atoms with Gasteiger partial charge in [-0.1, -0.05) is 30.3 Å². The summed E-state index contributed by atoms with van der Waals surface area (Å²) < 4.78 is 3.01. The number of nitrogens with one attached hydrogen (secondary N) is 2. The van der Waals surface area contributed by atoms with Gasteiger partial charge in [0.15, 0.2) is 0 Å². The minimum atomic E-state index is -0.249. The Morgan fingerprint density at radius 1 is 1.15 bits per heavy atom. The smallest absolute Gasteiger partial charge is 0.314 e. The van der Waals surface area contributed by atoms with Gasteiger partial charge in [-0.3, -0.25) is 15.6 Å². The van der Waals surface area contributed by atoms with Crippen molar-refractivity contribution in [2.75, 3.05) is 32.4 Å². The van der Waals surface area contributed by atoms with Crippen molar-refractivity contribution in [3.8, 4) is 22.4 Å². The highest BCUT2D eigenvalue weighted by Gasteiger charge is 2.28. The normalized spacial score (nSPS) is 17.0. The zero-order valence-corrected chi connectivity index (χ0v) is 19.2. The summed E-state index contributed by atoms with van der Waals surface area (Å²) in [6.07, 6.45) is 0. The van der Waals surface area contributed by atoms with Gasteiger partial charge in [0.25, 0.3) is 0 Å². The molecule has 4 aromatic rings. The topological polar surface area (TPSA) is 108 Å². The second kappa shape index (κ2) is 8.42. The second-order valence-electron chi connectivity index (χ2n) is 8.73. The van der Waals surface area contributed by atoms with Crippen molar-refractivity contribution in [3.63, 3.8) is 0 Å². The maximum atomic E-state index is 13.4. The molecular weight excluding hydrogens is 416 g/mol. The molecular formula is C24H29N8O+. The molecule has 1 fully saturated rings. The molecule has 0 amide bonds. The Labute approximate surface area is 191 Å². The van der Waals surface area contributed by atoms with Crippen molar-refractivity contribution in [2.24, 2.45) is 0 Å². The number of nitrogen functional groups attached to an aromatic ring is 1. The molecule has 5 rings (SSSR count). The van der Waals surface area contributed by atoms with Crippen molar-refractivity contribution in [1.82, 2.24) is 29.4 Å². The summed E-state index contributed by atoms with van der Waals surface area (Å²) in [7, 11) is 2.08. The number of hydrogen-bond donors (Lipinski definition) is 2.